The molecule has 84 valence electrons. The minimum absolute atomic E-state index is 0.0302. The third-order valence-corrected chi connectivity index (χ3v) is 3.43. The number of benzene rings is 1. The molecular weight excluding hydrogens is 204 g/mol. The van der Waals surface area contributed by atoms with Gasteiger partial charge in [0.15, 0.2) is 0 Å². The molecule has 0 bridgehead atoms. The van der Waals surface area contributed by atoms with Crippen LogP contribution in [0.5, 0.6) is 5.75 Å². The maximum atomic E-state index is 11.8. The molecule has 2 aliphatic heterocycles. The van der Waals surface area contributed by atoms with Gasteiger partial charge < -0.3 is 15.4 Å². The molecule has 1 fully saturated rings. The Kier molecular flexibility index (Phi) is 2.11. The summed E-state index contributed by atoms with van der Waals surface area (Å²) < 4.78 is 5.21. The highest BCUT2D eigenvalue weighted by Gasteiger charge is 2.36. The molecule has 4 heteroatoms. The second kappa shape index (κ2) is 3.49. The first-order chi connectivity index (χ1) is 7.79. The molecule has 0 spiro atoms. The molecule has 0 saturated carbocycles. The average molecular weight is 218 g/mol. The first kappa shape index (κ1) is 9.66. The fourth-order valence-corrected chi connectivity index (χ4v) is 2.58. The SMILES string of the molecule is COc1ccc2c(c1)[C@@H]1CNC[C@H]1NC2=O. The summed E-state index contributed by atoms with van der Waals surface area (Å²) in [6, 6.07) is 5.89. The minimum atomic E-state index is 0.0302. The van der Waals surface area contributed by atoms with Crippen molar-refractivity contribution in [2.45, 2.75) is 12.0 Å². The second-order valence-electron chi connectivity index (χ2n) is 4.30. The van der Waals surface area contributed by atoms with Crippen molar-refractivity contribution in [3.05, 3.63) is 29.3 Å². The van der Waals surface area contributed by atoms with E-state index in [9.17, 15) is 4.79 Å². The Balaban J connectivity index is 2.10. The normalized spacial score (nSPS) is 26.9. The summed E-state index contributed by atoms with van der Waals surface area (Å²) in [7, 11) is 1.65. The largest absolute Gasteiger partial charge is 0.497 e. The van der Waals surface area contributed by atoms with Gasteiger partial charge in [0.2, 0.25) is 0 Å². The lowest BCUT2D eigenvalue weighted by atomic mass is 9.86. The molecule has 1 amide bonds. The number of nitrogens with one attached hydrogen (secondary N) is 2. The molecule has 16 heavy (non-hydrogen) atoms. The molecule has 0 unspecified atom stereocenters. The molecule has 0 radical (unpaired) electrons. The van der Waals surface area contributed by atoms with Gasteiger partial charge in [-0.05, 0) is 23.8 Å². The van der Waals surface area contributed by atoms with Gasteiger partial charge in [0.05, 0.1) is 7.11 Å². The van der Waals surface area contributed by atoms with Gasteiger partial charge in [-0.3, -0.25) is 4.79 Å². The van der Waals surface area contributed by atoms with E-state index < -0.39 is 0 Å². The van der Waals surface area contributed by atoms with Gasteiger partial charge in [-0.1, -0.05) is 0 Å². The van der Waals surface area contributed by atoms with Gasteiger partial charge in [0.25, 0.3) is 5.91 Å². The van der Waals surface area contributed by atoms with Gasteiger partial charge >= 0.3 is 0 Å². The molecular formula is C12H14N2O2. The number of hydrogen-bond acceptors (Lipinski definition) is 3. The van der Waals surface area contributed by atoms with E-state index in [1.54, 1.807) is 7.11 Å². The van der Waals surface area contributed by atoms with E-state index in [-0.39, 0.29) is 11.9 Å². The van der Waals surface area contributed by atoms with Crippen LogP contribution >= 0.6 is 0 Å². The van der Waals surface area contributed by atoms with Crippen LogP contribution in [0.15, 0.2) is 18.2 Å². The van der Waals surface area contributed by atoms with E-state index in [2.05, 4.69) is 10.6 Å². The van der Waals surface area contributed by atoms with Crippen LogP contribution in [0.4, 0.5) is 0 Å². The van der Waals surface area contributed by atoms with Crippen LogP contribution in [0.1, 0.15) is 21.8 Å². The highest BCUT2D eigenvalue weighted by molar-refractivity contribution is 5.97. The monoisotopic (exact) mass is 218 g/mol. The van der Waals surface area contributed by atoms with Gasteiger partial charge in [0.1, 0.15) is 5.75 Å². The number of hydrogen-bond donors (Lipinski definition) is 2. The van der Waals surface area contributed by atoms with Crippen LogP contribution in [0, 0.1) is 0 Å². The number of amides is 1. The molecule has 0 aliphatic carbocycles. The van der Waals surface area contributed by atoms with Crippen molar-refractivity contribution in [1.82, 2.24) is 10.6 Å². The number of carbonyl (C=O) groups is 1. The topological polar surface area (TPSA) is 50.4 Å². The molecule has 1 aromatic carbocycles. The lowest BCUT2D eigenvalue weighted by molar-refractivity contribution is 0.0924. The summed E-state index contributed by atoms with van der Waals surface area (Å²) in [5.74, 6) is 1.23. The Morgan fingerprint density at radius 1 is 1.38 bits per heavy atom. The third kappa shape index (κ3) is 1.30. The summed E-state index contributed by atoms with van der Waals surface area (Å²) in [5, 5.41) is 6.34. The predicted octanol–water partition coefficient (Wildman–Crippen LogP) is 0.494. The molecule has 1 aromatic rings. The first-order valence-electron chi connectivity index (χ1n) is 5.49. The molecule has 2 aliphatic rings. The number of rotatable bonds is 1. The van der Waals surface area contributed by atoms with Crippen LogP contribution in [0.25, 0.3) is 0 Å². The van der Waals surface area contributed by atoms with E-state index >= 15 is 0 Å². The van der Waals surface area contributed by atoms with Crippen molar-refractivity contribution in [2.75, 3.05) is 20.2 Å². The molecule has 0 aromatic heterocycles. The van der Waals surface area contributed by atoms with Gasteiger partial charge in [-0.25, -0.2) is 0 Å². The highest BCUT2D eigenvalue weighted by atomic mass is 16.5. The Morgan fingerprint density at radius 3 is 3.06 bits per heavy atom. The molecule has 1 saturated heterocycles. The van der Waals surface area contributed by atoms with Crippen molar-refractivity contribution in [3.63, 3.8) is 0 Å². The molecule has 2 atom stereocenters. The quantitative estimate of drug-likeness (QED) is 0.721. The van der Waals surface area contributed by atoms with Gasteiger partial charge in [-0.2, -0.15) is 0 Å². The summed E-state index contributed by atoms with van der Waals surface area (Å²) in [6.45, 7) is 1.78. The fraction of sp³-hybridized carbons (Fsp3) is 0.417. The number of methoxy groups -OCH3 is 1. The van der Waals surface area contributed by atoms with Crippen LogP contribution in [0.3, 0.4) is 0 Å². The van der Waals surface area contributed by atoms with Crippen molar-refractivity contribution in [1.29, 1.82) is 0 Å². The lowest BCUT2D eigenvalue weighted by Crippen LogP contribution is -2.44. The van der Waals surface area contributed by atoms with Crippen molar-refractivity contribution < 1.29 is 9.53 Å². The number of carbonyl (C=O) groups excluding carboxylic acids is 1. The van der Waals surface area contributed by atoms with E-state index in [1.807, 2.05) is 18.2 Å². The lowest BCUT2D eigenvalue weighted by Gasteiger charge is -2.28. The molecule has 2 heterocycles. The van der Waals surface area contributed by atoms with Gasteiger partial charge in [0, 0.05) is 30.6 Å². The third-order valence-electron chi connectivity index (χ3n) is 3.43. The zero-order valence-electron chi connectivity index (χ0n) is 9.12. The van der Waals surface area contributed by atoms with Crippen molar-refractivity contribution in [3.8, 4) is 5.75 Å². The fourth-order valence-electron chi connectivity index (χ4n) is 2.58. The van der Waals surface area contributed by atoms with E-state index in [0.717, 1.165) is 30.0 Å². The first-order valence-corrected chi connectivity index (χ1v) is 5.49. The van der Waals surface area contributed by atoms with Gasteiger partial charge in [-0.15, -0.1) is 0 Å². The molecule has 3 rings (SSSR count). The standard InChI is InChI=1S/C12H14N2O2/c1-16-7-2-3-8-9(4-7)10-5-13-6-11(10)14-12(8)15/h2-4,10-11,13H,5-6H2,1H3,(H,14,15)/t10-,11+/m0/s1. The minimum Gasteiger partial charge on any atom is -0.497 e. The second-order valence-corrected chi connectivity index (χ2v) is 4.30. The van der Waals surface area contributed by atoms with Crippen molar-refractivity contribution in [2.24, 2.45) is 0 Å². The van der Waals surface area contributed by atoms with Crippen LogP contribution in [-0.2, 0) is 0 Å². The number of fused-ring (bicyclic) bond motifs is 3. The molecule has 2 N–H and O–H groups in total. The summed E-state index contributed by atoms with van der Waals surface area (Å²) in [4.78, 5) is 11.8. The number of ether oxygens (including phenoxy) is 1. The zero-order chi connectivity index (χ0) is 11.1. The summed E-state index contributed by atoms with van der Waals surface area (Å²) in [5.41, 5.74) is 1.89. The average Bonchev–Trinajstić information content (AvgIpc) is 2.76. The predicted molar refractivity (Wildman–Crippen MR) is 59.9 cm³/mol. The maximum absolute atomic E-state index is 11.8. The Labute approximate surface area is 94.0 Å². The van der Waals surface area contributed by atoms with Crippen molar-refractivity contribution >= 4 is 5.91 Å². The maximum Gasteiger partial charge on any atom is 0.251 e. The Morgan fingerprint density at radius 2 is 2.25 bits per heavy atom. The Hall–Kier alpha value is -1.55. The Bertz CT molecular complexity index is 445. The summed E-state index contributed by atoms with van der Waals surface area (Å²) in [6.07, 6.45) is 0. The smallest absolute Gasteiger partial charge is 0.251 e. The summed E-state index contributed by atoms with van der Waals surface area (Å²) >= 11 is 0. The van der Waals surface area contributed by atoms with Crippen LogP contribution in [-0.4, -0.2) is 32.1 Å². The van der Waals surface area contributed by atoms with E-state index in [1.165, 1.54) is 0 Å². The van der Waals surface area contributed by atoms with E-state index in [0.29, 0.717) is 5.92 Å². The molecule has 4 nitrogen and oxygen atoms in total. The van der Waals surface area contributed by atoms with E-state index in [4.69, 9.17) is 4.74 Å². The highest BCUT2D eigenvalue weighted by Crippen LogP contribution is 2.32. The van der Waals surface area contributed by atoms with Crippen LogP contribution in [0.2, 0.25) is 0 Å². The zero-order valence-corrected chi connectivity index (χ0v) is 9.12. The van der Waals surface area contributed by atoms with Crippen LogP contribution < -0.4 is 15.4 Å².